The SMILES string of the molecule is COc1ccc(-c2cccc3c2CCC3=O)c(OCC2(C(=O)O)CC2C2CCCCC2)c1OC. The summed E-state index contributed by atoms with van der Waals surface area (Å²) in [4.78, 5) is 24.7. The van der Waals surface area contributed by atoms with Crippen LogP contribution in [0.25, 0.3) is 11.1 Å². The fraction of sp³-hybridized carbons (Fsp3) is 0.500. The van der Waals surface area contributed by atoms with Crippen LogP contribution in [0.5, 0.6) is 17.2 Å². The van der Waals surface area contributed by atoms with E-state index in [2.05, 4.69) is 0 Å². The second-order valence-corrected chi connectivity index (χ2v) is 9.89. The molecule has 2 saturated carbocycles. The van der Waals surface area contributed by atoms with Crippen molar-refractivity contribution in [2.24, 2.45) is 17.3 Å². The highest BCUT2D eigenvalue weighted by Crippen LogP contribution is 2.60. The lowest BCUT2D eigenvalue weighted by molar-refractivity contribution is -0.145. The molecular formula is C28H32O6. The van der Waals surface area contributed by atoms with E-state index in [1.54, 1.807) is 14.2 Å². The van der Waals surface area contributed by atoms with Gasteiger partial charge in [0.05, 0.1) is 14.2 Å². The smallest absolute Gasteiger partial charge is 0.313 e. The van der Waals surface area contributed by atoms with E-state index in [1.807, 2.05) is 30.3 Å². The lowest BCUT2D eigenvalue weighted by atomic mass is 9.83. The monoisotopic (exact) mass is 464 g/mol. The first-order chi connectivity index (χ1) is 16.5. The molecule has 0 saturated heterocycles. The van der Waals surface area contributed by atoms with Gasteiger partial charge in [-0.2, -0.15) is 0 Å². The molecule has 0 aliphatic heterocycles. The van der Waals surface area contributed by atoms with E-state index >= 15 is 0 Å². The van der Waals surface area contributed by atoms with Gasteiger partial charge in [-0.05, 0) is 47.9 Å². The maximum Gasteiger partial charge on any atom is 0.313 e. The zero-order valence-electron chi connectivity index (χ0n) is 19.9. The van der Waals surface area contributed by atoms with Crippen LogP contribution in [0.3, 0.4) is 0 Å². The van der Waals surface area contributed by atoms with Gasteiger partial charge < -0.3 is 19.3 Å². The lowest BCUT2D eigenvalue weighted by Crippen LogP contribution is -2.28. The van der Waals surface area contributed by atoms with Crippen molar-refractivity contribution in [3.8, 4) is 28.4 Å². The third kappa shape index (κ3) is 3.73. The molecular weight excluding hydrogens is 432 g/mol. The van der Waals surface area contributed by atoms with Gasteiger partial charge in [0.2, 0.25) is 5.75 Å². The Labute approximate surface area is 200 Å². The number of methoxy groups -OCH3 is 2. The number of ether oxygens (including phenoxy) is 3. The molecule has 0 radical (unpaired) electrons. The third-order valence-corrected chi connectivity index (χ3v) is 8.12. The van der Waals surface area contributed by atoms with E-state index in [0.29, 0.717) is 42.4 Å². The fourth-order valence-corrected chi connectivity index (χ4v) is 6.16. The van der Waals surface area contributed by atoms with Crippen molar-refractivity contribution < 1.29 is 28.9 Å². The van der Waals surface area contributed by atoms with Gasteiger partial charge in [0.1, 0.15) is 12.0 Å². The zero-order valence-corrected chi connectivity index (χ0v) is 19.9. The van der Waals surface area contributed by atoms with Gasteiger partial charge in [-0.1, -0.05) is 50.3 Å². The topological polar surface area (TPSA) is 82.1 Å². The Bertz CT molecular complexity index is 1120. The minimum atomic E-state index is -0.859. The van der Waals surface area contributed by atoms with E-state index in [1.165, 1.54) is 19.3 Å². The Morgan fingerprint density at radius 3 is 2.44 bits per heavy atom. The predicted octanol–water partition coefficient (Wildman–Crippen LogP) is 5.55. The molecule has 0 amide bonds. The number of carbonyl (C=O) groups excluding carboxylic acids is 1. The number of carbonyl (C=O) groups is 2. The van der Waals surface area contributed by atoms with Crippen LogP contribution in [0.2, 0.25) is 0 Å². The molecule has 0 bridgehead atoms. The summed E-state index contributed by atoms with van der Waals surface area (Å²) < 4.78 is 17.6. The number of fused-ring (bicyclic) bond motifs is 1. The van der Waals surface area contributed by atoms with Crippen molar-refractivity contribution in [1.29, 1.82) is 0 Å². The normalized spacial score (nSPS) is 23.9. The van der Waals surface area contributed by atoms with Crippen LogP contribution in [-0.2, 0) is 11.2 Å². The molecule has 0 aromatic heterocycles. The van der Waals surface area contributed by atoms with Crippen molar-refractivity contribution in [1.82, 2.24) is 0 Å². The Kier molecular flexibility index (Phi) is 6.00. The molecule has 1 N–H and O–H groups in total. The molecule has 2 fully saturated rings. The van der Waals surface area contributed by atoms with Crippen LogP contribution < -0.4 is 14.2 Å². The molecule has 5 rings (SSSR count). The van der Waals surface area contributed by atoms with E-state index in [-0.39, 0.29) is 18.3 Å². The molecule has 6 heteroatoms. The van der Waals surface area contributed by atoms with Crippen molar-refractivity contribution >= 4 is 11.8 Å². The first-order valence-corrected chi connectivity index (χ1v) is 12.3. The average Bonchev–Trinajstić information content (AvgIpc) is 3.50. The highest BCUT2D eigenvalue weighted by molar-refractivity contribution is 6.02. The van der Waals surface area contributed by atoms with Crippen molar-refractivity contribution in [3.63, 3.8) is 0 Å². The van der Waals surface area contributed by atoms with Gasteiger partial charge in [-0.25, -0.2) is 0 Å². The van der Waals surface area contributed by atoms with Crippen LogP contribution in [0.15, 0.2) is 30.3 Å². The van der Waals surface area contributed by atoms with Gasteiger partial charge in [0.25, 0.3) is 0 Å². The van der Waals surface area contributed by atoms with Crippen LogP contribution >= 0.6 is 0 Å². The number of benzene rings is 2. The standard InChI is InChI=1S/C28H32O6/c1-32-24-14-12-21(18-9-6-10-20-19(18)11-13-23(20)29)25(26(24)33-2)34-16-28(27(30)31)15-22(28)17-7-4-3-5-8-17/h6,9-10,12,14,17,22H,3-5,7-8,11,13,15-16H2,1-2H3,(H,30,31). The van der Waals surface area contributed by atoms with Gasteiger partial charge in [-0.15, -0.1) is 0 Å². The number of rotatable bonds is 8. The number of ketones is 1. The van der Waals surface area contributed by atoms with Crippen molar-refractivity contribution in [3.05, 3.63) is 41.5 Å². The third-order valence-electron chi connectivity index (χ3n) is 8.12. The molecule has 2 unspecified atom stereocenters. The Hall–Kier alpha value is -3.02. The predicted molar refractivity (Wildman–Crippen MR) is 128 cm³/mol. The van der Waals surface area contributed by atoms with E-state index in [0.717, 1.165) is 35.1 Å². The molecule has 180 valence electrons. The Morgan fingerprint density at radius 2 is 1.74 bits per heavy atom. The molecule has 2 aromatic rings. The molecule has 2 atom stereocenters. The molecule has 34 heavy (non-hydrogen) atoms. The lowest BCUT2D eigenvalue weighted by Gasteiger charge is -2.25. The number of hydrogen-bond donors (Lipinski definition) is 1. The molecule has 0 spiro atoms. The second kappa shape index (κ2) is 8.97. The van der Waals surface area contributed by atoms with Crippen LogP contribution in [0, 0.1) is 17.3 Å². The molecule has 2 aromatic carbocycles. The summed E-state index contributed by atoms with van der Waals surface area (Å²) in [5.41, 5.74) is 2.61. The fourth-order valence-electron chi connectivity index (χ4n) is 6.16. The summed E-state index contributed by atoms with van der Waals surface area (Å²) in [5.74, 6) is 1.43. The molecule has 6 nitrogen and oxygen atoms in total. The summed E-state index contributed by atoms with van der Waals surface area (Å²) in [7, 11) is 3.13. The Morgan fingerprint density at radius 1 is 0.971 bits per heavy atom. The van der Waals surface area contributed by atoms with E-state index < -0.39 is 11.4 Å². The summed E-state index contributed by atoms with van der Waals surface area (Å²) in [6, 6.07) is 9.48. The van der Waals surface area contributed by atoms with Crippen molar-refractivity contribution in [2.45, 2.75) is 51.4 Å². The summed E-state index contributed by atoms with van der Waals surface area (Å²) in [6.07, 6.45) is 7.67. The van der Waals surface area contributed by atoms with Gasteiger partial charge >= 0.3 is 5.97 Å². The summed E-state index contributed by atoms with van der Waals surface area (Å²) in [5, 5.41) is 10.2. The highest BCUT2D eigenvalue weighted by Gasteiger charge is 2.63. The van der Waals surface area contributed by atoms with Gasteiger partial charge in [0.15, 0.2) is 17.3 Å². The zero-order chi connectivity index (χ0) is 23.9. The summed E-state index contributed by atoms with van der Waals surface area (Å²) >= 11 is 0. The quantitative estimate of drug-likeness (QED) is 0.552. The first kappa shape index (κ1) is 22.8. The largest absolute Gasteiger partial charge is 0.493 e. The number of aliphatic carboxylic acids is 1. The first-order valence-electron chi connectivity index (χ1n) is 12.3. The van der Waals surface area contributed by atoms with E-state index in [4.69, 9.17) is 14.2 Å². The minimum Gasteiger partial charge on any atom is -0.493 e. The van der Waals surface area contributed by atoms with Gasteiger partial charge in [0, 0.05) is 17.5 Å². The van der Waals surface area contributed by atoms with Crippen LogP contribution in [0.4, 0.5) is 0 Å². The number of carboxylic acids is 1. The van der Waals surface area contributed by atoms with Crippen molar-refractivity contribution in [2.75, 3.05) is 20.8 Å². The minimum absolute atomic E-state index is 0.0913. The maximum absolute atomic E-state index is 12.4. The van der Waals surface area contributed by atoms with Crippen LogP contribution in [0.1, 0.15) is 60.9 Å². The number of hydrogen-bond acceptors (Lipinski definition) is 5. The molecule has 3 aliphatic carbocycles. The average molecular weight is 465 g/mol. The number of carboxylic acid groups (broad SMARTS) is 1. The van der Waals surface area contributed by atoms with Crippen LogP contribution in [-0.4, -0.2) is 37.7 Å². The van der Waals surface area contributed by atoms with Gasteiger partial charge in [-0.3, -0.25) is 9.59 Å². The Balaban J connectivity index is 1.51. The number of Topliss-reactive ketones (excluding diaryl/α,β-unsaturated/α-hetero) is 1. The van der Waals surface area contributed by atoms with E-state index in [9.17, 15) is 14.7 Å². The second-order valence-electron chi connectivity index (χ2n) is 9.89. The molecule has 3 aliphatic rings. The summed E-state index contributed by atoms with van der Waals surface area (Å²) in [6.45, 7) is 0.0913. The maximum atomic E-state index is 12.4. The molecule has 0 heterocycles. The highest BCUT2D eigenvalue weighted by atomic mass is 16.5.